The molecule has 0 aliphatic carbocycles. The SMILES string of the molecule is CCCCC(=O)OOC(=O)C(OC(=O)CCC)(OC(=O)C(C)C)C(C)(C)OC(=O)CC. The monoisotopic (exact) mass is 446 g/mol. The van der Waals surface area contributed by atoms with Crippen LogP contribution in [-0.2, 0) is 48.0 Å². The minimum Gasteiger partial charge on any atom is -0.451 e. The zero-order valence-corrected chi connectivity index (χ0v) is 19.4. The Labute approximate surface area is 182 Å². The first kappa shape index (κ1) is 28.4. The summed E-state index contributed by atoms with van der Waals surface area (Å²) in [6.07, 6.45) is 1.35. The van der Waals surface area contributed by atoms with Crippen molar-refractivity contribution in [1.29, 1.82) is 0 Å². The molecule has 0 bridgehead atoms. The Morgan fingerprint density at radius 1 is 0.742 bits per heavy atom. The van der Waals surface area contributed by atoms with Crippen molar-refractivity contribution in [1.82, 2.24) is 0 Å². The Morgan fingerprint density at radius 2 is 1.35 bits per heavy atom. The quantitative estimate of drug-likeness (QED) is 0.191. The van der Waals surface area contributed by atoms with Gasteiger partial charge in [-0.15, -0.1) is 0 Å². The maximum Gasteiger partial charge on any atom is 0.444 e. The first-order valence-corrected chi connectivity index (χ1v) is 10.4. The van der Waals surface area contributed by atoms with Crippen LogP contribution in [0, 0.1) is 5.92 Å². The van der Waals surface area contributed by atoms with Crippen LogP contribution in [0.3, 0.4) is 0 Å². The molecule has 1 atom stereocenters. The summed E-state index contributed by atoms with van der Waals surface area (Å²) in [6, 6.07) is 0. The molecule has 0 fully saturated rings. The summed E-state index contributed by atoms with van der Waals surface area (Å²) in [6.45, 7) is 10.5. The van der Waals surface area contributed by atoms with E-state index in [9.17, 15) is 24.0 Å². The van der Waals surface area contributed by atoms with Crippen molar-refractivity contribution in [3.05, 3.63) is 0 Å². The normalized spacial score (nSPS) is 13.0. The van der Waals surface area contributed by atoms with E-state index in [1.807, 2.05) is 6.92 Å². The van der Waals surface area contributed by atoms with Crippen LogP contribution >= 0.6 is 0 Å². The lowest BCUT2D eigenvalue weighted by Gasteiger charge is -2.40. The van der Waals surface area contributed by atoms with Crippen molar-refractivity contribution in [2.24, 2.45) is 5.92 Å². The van der Waals surface area contributed by atoms with Crippen molar-refractivity contribution < 1.29 is 48.0 Å². The summed E-state index contributed by atoms with van der Waals surface area (Å²) in [4.78, 5) is 70.6. The second kappa shape index (κ2) is 12.9. The van der Waals surface area contributed by atoms with Gasteiger partial charge in [-0.2, -0.15) is 0 Å². The topological polar surface area (TPSA) is 132 Å². The predicted octanol–water partition coefficient (Wildman–Crippen LogP) is 3.15. The molecule has 0 aromatic carbocycles. The van der Waals surface area contributed by atoms with Gasteiger partial charge in [-0.05, 0) is 26.7 Å². The summed E-state index contributed by atoms with van der Waals surface area (Å²) in [5.74, 6) is -8.53. The standard InChI is InChI=1S/C21H34O10/c1-8-11-13-17(24)30-31-19(26)21(28-16(23)12-9-2,29-18(25)14(4)5)20(6,7)27-15(22)10-3/h14H,8-13H2,1-7H3. The number of rotatable bonds is 12. The molecular weight excluding hydrogens is 412 g/mol. The van der Waals surface area contributed by atoms with Gasteiger partial charge in [0.2, 0.25) is 0 Å². The first-order chi connectivity index (χ1) is 14.4. The van der Waals surface area contributed by atoms with E-state index >= 15 is 0 Å². The van der Waals surface area contributed by atoms with Gasteiger partial charge in [0.1, 0.15) is 0 Å². The van der Waals surface area contributed by atoms with E-state index in [0.717, 1.165) is 0 Å². The third-order valence-corrected chi connectivity index (χ3v) is 4.09. The molecule has 0 amide bonds. The highest BCUT2D eigenvalue weighted by Gasteiger charge is 2.64. The summed E-state index contributed by atoms with van der Waals surface area (Å²) < 4.78 is 15.8. The third kappa shape index (κ3) is 8.55. The lowest BCUT2D eigenvalue weighted by Crippen LogP contribution is -2.64. The molecule has 0 rings (SSSR count). The molecule has 0 heterocycles. The van der Waals surface area contributed by atoms with Crippen LogP contribution in [0.5, 0.6) is 0 Å². The maximum atomic E-state index is 13.0. The Kier molecular flexibility index (Phi) is 11.8. The molecule has 0 saturated carbocycles. The van der Waals surface area contributed by atoms with Crippen LogP contribution in [0.4, 0.5) is 0 Å². The van der Waals surface area contributed by atoms with Crippen molar-refractivity contribution in [3.8, 4) is 0 Å². The van der Waals surface area contributed by atoms with Crippen LogP contribution in [0.1, 0.15) is 87.0 Å². The minimum atomic E-state index is -2.84. The number of ether oxygens (including phenoxy) is 3. The fourth-order valence-electron chi connectivity index (χ4n) is 2.20. The Bertz CT molecular complexity index is 653. The van der Waals surface area contributed by atoms with E-state index < -0.39 is 47.2 Å². The number of carbonyl (C=O) groups is 5. The summed E-state index contributed by atoms with van der Waals surface area (Å²) in [5.41, 5.74) is -2.01. The van der Waals surface area contributed by atoms with E-state index in [2.05, 4.69) is 9.78 Å². The molecule has 0 aromatic rings. The van der Waals surface area contributed by atoms with Gasteiger partial charge in [0.15, 0.2) is 5.60 Å². The number of hydrogen-bond acceptors (Lipinski definition) is 10. The maximum absolute atomic E-state index is 13.0. The summed E-state index contributed by atoms with van der Waals surface area (Å²) in [5, 5.41) is 0. The molecule has 10 heteroatoms. The second-order valence-corrected chi connectivity index (χ2v) is 7.68. The van der Waals surface area contributed by atoms with Gasteiger partial charge in [0, 0.05) is 12.8 Å². The lowest BCUT2D eigenvalue weighted by molar-refractivity contribution is -0.322. The molecule has 0 aromatic heterocycles. The molecule has 1 unspecified atom stereocenters. The largest absolute Gasteiger partial charge is 0.451 e. The molecule has 0 saturated heterocycles. The van der Waals surface area contributed by atoms with Crippen molar-refractivity contribution in [2.75, 3.05) is 0 Å². The summed E-state index contributed by atoms with van der Waals surface area (Å²) in [7, 11) is 0. The van der Waals surface area contributed by atoms with E-state index in [1.165, 1.54) is 34.6 Å². The smallest absolute Gasteiger partial charge is 0.444 e. The van der Waals surface area contributed by atoms with Crippen LogP contribution in [0.15, 0.2) is 0 Å². The van der Waals surface area contributed by atoms with Gasteiger partial charge in [-0.25, -0.2) is 19.4 Å². The van der Waals surface area contributed by atoms with Gasteiger partial charge in [0.05, 0.1) is 12.3 Å². The van der Waals surface area contributed by atoms with E-state index in [1.54, 1.807) is 6.92 Å². The van der Waals surface area contributed by atoms with Gasteiger partial charge in [0.25, 0.3) is 0 Å². The predicted molar refractivity (Wildman–Crippen MR) is 107 cm³/mol. The highest BCUT2D eigenvalue weighted by atomic mass is 17.2. The number of hydrogen-bond donors (Lipinski definition) is 0. The second-order valence-electron chi connectivity index (χ2n) is 7.68. The van der Waals surface area contributed by atoms with Crippen molar-refractivity contribution in [3.63, 3.8) is 0 Å². The Hall–Kier alpha value is -2.65. The third-order valence-electron chi connectivity index (χ3n) is 4.09. The molecular formula is C21H34O10. The van der Waals surface area contributed by atoms with E-state index in [4.69, 9.17) is 14.2 Å². The molecule has 0 spiro atoms. The van der Waals surface area contributed by atoms with Crippen LogP contribution < -0.4 is 0 Å². The van der Waals surface area contributed by atoms with Gasteiger partial charge < -0.3 is 14.2 Å². The van der Waals surface area contributed by atoms with Gasteiger partial charge in [-0.3, -0.25) is 14.4 Å². The minimum absolute atomic E-state index is 0.0214. The van der Waals surface area contributed by atoms with Crippen molar-refractivity contribution >= 4 is 29.8 Å². The van der Waals surface area contributed by atoms with Crippen LogP contribution in [0.25, 0.3) is 0 Å². The lowest BCUT2D eigenvalue weighted by atomic mass is 9.96. The van der Waals surface area contributed by atoms with E-state index in [0.29, 0.717) is 19.3 Å². The fourth-order valence-corrected chi connectivity index (χ4v) is 2.20. The fraction of sp³-hybridized carbons (Fsp3) is 0.762. The van der Waals surface area contributed by atoms with Crippen LogP contribution in [-0.4, -0.2) is 41.2 Å². The summed E-state index contributed by atoms with van der Waals surface area (Å²) >= 11 is 0. The zero-order valence-electron chi connectivity index (χ0n) is 19.4. The van der Waals surface area contributed by atoms with Gasteiger partial charge >= 0.3 is 35.6 Å². The molecule has 0 radical (unpaired) electrons. The molecule has 0 aliphatic heterocycles. The Balaban J connectivity index is 6.20. The number of unbranched alkanes of at least 4 members (excludes halogenated alkanes) is 1. The molecule has 10 nitrogen and oxygen atoms in total. The number of carbonyl (C=O) groups excluding carboxylic acids is 5. The average molecular weight is 446 g/mol. The highest BCUT2D eigenvalue weighted by molar-refractivity contribution is 5.87. The molecule has 31 heavy (non-hydrogen) atoms. The zero-order chi connectivity index (χ0) is 24.2. The number of esters is 3. The first-order valence-electron chi connectivity index (χ1n) is 10.4. The van der Waals surface area contributed by atoms with Gasteiger partial charge in [-0.1, -0.05) is 41.0 Å². The Morgan fingerprint density at radius 3 is 1.84 bits per heavy atom. The molecule has 178 valence electrons. The highest BCUT2D eigenvalue weighted by Crippen LogP contribution is 2.35. The van der Waals surface area contributed by atoms with Crippen molar-refractivity contribution in [2.45, 2.75) is 98.4 Å². The van der Waals surface area contributed by atoms with E-state index in [-0.39, 0.29) is 19.3 Å². The molecule has 0 aliphatic rings. The van der Waals surface area contributed by atoms with Crippen LogP contribution in [0.2, 0.25) is 0 Å². The molecule has 0 N–H and O–H groups in total. The average Bonchev–Trinajstić information content (AvgIpc) is 2.69.